The molecule has 0 aliphatic heterocycles. The Labute approximate surface area is 174 Å². The fraction of sp³-hybridized carbons (Fsp3) is 0.130. The number of aryl methyl sites for hydroxylation is 1. The van der Waals surface area contributed by atoms with Gasteiger partial charge in [-0.3, -0.25) is 4.98 Å². The zero-order chi connectivity index (χ0) is 21.0. The SMILES string of the molecule is O=S(=O)(CCCc1nc(-c2ccc(F)cc2)c(-c2ccncc2)[nH]1)c1ccccc1. The predicted molar refractivity (Wildman–Crippen MR) is 114 cm³/mol. The molecule has 0 fully saturated rings. The molecule has 2 heterocycles. The lowest BCUT2D eigenvalue weighted by Gasteiger charge is -2.03. The number of hydrogen-bond donors (Lipinski definition) is 1. The van der Waals surface area contributed by atoms with E-state index in [1.165, 1.54) is 12.1 Å². The Morgan fingerprint density at radius 2 is 1.57 bits per heavy atom. The average molecular weight is 421 g/mol. The van der Waals surface area contributed by atoms with E-state index < -0.39 is 9.84 Å². The maximum Gasteiger partial charge on any atom is 0.178 e. The summed E-state index contributed by atoms with van der Waals surface area (Å²) in [6, 6.07) is 18.3. The summed E-state index contributed by atoms with van der Waals surface area (Å²) in [5, 5.41) is 0. The van der Waals surface area contributed by atoms with Gasteiger partial charge in [0.2, 0.25) is 0 Å². The summed E-state index contributed by atoms with van der Waals surface area (Å²) in [4.78, 5) is 12.4. The van der Waals surface area contributed by atoms with Crippen molar-refractivity contribution < 1.29 is 12.8 Å². The number of imidazole rings is 1. The fourth-order valence-corrected chi connectivity index (χ4v) is 4.59. The van der Waals surface area contributed by atoms with Gasteiger partial charge in [0.05, 0.1) is 22.0 Å². The first kappa shape index (κ1) is 20.0. The smallest absolute Gasteiger partial charge is 0.178 e. The first-order chi connectivity index (χ1) is 14.5. The molecule has 4 aromatic rings. The maximum absolute atomic E-state index is 13.4. The van der Waals surface area contributed by atoms with Gasteiger partial charge in [0.1, 0.15) is 11.6 Å². The average Bonchev–Trinajstić information content (AvgIpc) is 3.19. The summed E-state index contributed by atoms with van der Waals surface area (Å²) >= 11 is 0. The molecule has 0 bridgehead atoms. The highest BCUT2D eigenvalue weighted by Gasteiger charge is 2.17. The first-order valence-corrected chi connectivity index (χ1v) is 11.2. The number of aromatic amines is 1. The largest absolute Gasteiger partial charge is 0.341 e. The number of benzene rings is 2. The zero-order valence-corrected chi connectivity index (χ0v) is 16.9. The third-order valence-corrected chi connectivity index (χ3v) is 6.59. The Bertz CT molecular complexity index is 1220. The van der Waals surface area contributed by atoms with E-state index in [0.29, 0.717) is 29.3 Å². The van der Waals surface area contributed by atoms with Gasteiger partial charge in [-0.15, -0.1) is 0 Å². The Balaban J connectivity index is 1.58. The molecule has 0 aliphatic carbocycles. The molecule has 1 N–H and O–H groups in total. The monoisotopic (exact) mass is 421 g/mol. The standard InChI is InChI=1S/C23H20FN3O2S/c24-19-10-8-17(9-11-19)22-23(18-12-14-25-15-13-18)27-21(26-22)7-4-16-30(28,29)20-5-2-1-3-6-20/h1-3,5-6,8-15H,4,7,16H2,(H,26,27). The van der Waals surface area contributed by atoms with Gasteiger partial charge >= 0.3 is 0 Å². The molecule has 2 aromatic carbocycles. The summed E-state index contributed by atoms with van der Waals surface area (Å²) < 4.78 is 38.3. The van der Waals surface area contributed by atoms with Crippen molar-refractivity contribution in [2.45, 2.75) is 17.7 Å². The van der Waals surface area contributed by atoms with Gasteiger partial charge < -0.3 is 4.98 Å². The molecule has 152 valence electrons. The van der Waals surface area contributed by atoms with E-state index in [4.69, 9.17) is 0 Å². The van der Waals surface area contributed by atoms with Crippen LogP contribution in [0.2, 0.25) is 0 Å². The van der Waals surface area contributed by atoms with Gasteiger partial charge in [0, 0.05) is 29.9 Å². The van der Waals surface area contributed by atoms with Crippen LogP contribution in [0.25, 0.3) is 22.5 Å². The summed E-state index contributed by atoms with van der Waals surface area (Å²) in [5.41, 5.74) is 3.18. The van der Waals surface area contributed by atoms with Crippen molar-refractivity contribution in [3.63, 3.8) is 0 Å². The van der Waals surface area contributed by atoms with Crippen LogP contribution < -0.4 is 0 Å². The lowest BCUT2D eigenvalue weighted by molar-refractivity contribution is 0.593. The van der Waals surface area contributed by atoms with Crippen molar-refractivity contribution in [3.8, 4) is 22.5 Å². The van der Waals surface area contributed by atoms with Gasteiger partial charge in [-0.25, -0.2) is 17.8 Å². The summed E-state index contributed by atoms with van der Waals surface area (Å²) in [6.45, 7) is 0. The molecule has 0 amide bonds. The fourth-order valence-electron chi connectivity index (χ4n) is 3.26. The zero-order valence-electron chi connectivity index (χ0n) is 16.1. The maximum atomic E-state index is 13.4. The minimum absolute atomic E-state index is 0.0359. The van der Waals surface area contributed by atoms with Crippen molar-refractivity contribution in [3.05, 3.63) is 90.8 Å². The van der Waals surface area contributed by atoms with Gasteiger partial charge in [0.25, 0.3) is 0 Å². The highest BCUT2D eigenvalue weighted by atomic mass is 32.2. The minimum atomic E-state index is -3.33. The molecule has 0 saturated heterocycles. The van der Waals surface area contributed by atoms with Crippen molar-refractivity contribution in [2.24, 2.45) is 0 Å². The molecule has 0 spiro atoms. The van der Waals surface area contributed by atoms with E-state index >= 15 is 0 Å². The number of sulfone groups is 1. The predicted octanol–water partition coefficient (Wildman–Crippen LogP) is 4.68. The van der Waals surface area contributed by atoms with E-state index in [1.54, 1.807) is 54.9 Å². The molecule has 0 radical (unpaired) electrons. The quantitative estimate of drug-likeness (QED) is 0.470. The van der Waals surface area contributed by atoms with Crippen molar-refractivity contribution in [1.82, 2.24) is 15.0 Å². The lowest BCUT2D eigenvalue weighted by Crippen LogP contribution is -2.08. The number of rotatable bonds is 7. The van der Waals surface area contributed by atoms with E-state index in [0.717, 1.165) is 16.8 Å². The number of nitrogens with zero attached hydrogens (tertiary/aromatic N) is 2. The van der Waals surface area contributed by atoms with Crippen LogP contribution in [0.1, 0.15) is 12.2 Å². The highest BCUT2D eigenvalue weighted by molar-refractivity contribution is 7.91. The summed E-state index contributed by atoms with van der Waals surface area (Å²) in [6.07, 6.45) is 4.29. The van der Waals surface area contributed by atoms with Crippen LogP contribution in [0.5, 0.6) is 0 Å². The second-order valence-corrected chi connectivity index (χ2v) is 8.99. The Morgan fingerprint density at radius 3 is 2.27 bits per heavy atom. The van der Waals surface area contributed by atoms with Gasteiger partial charge in [-0.05, 0) is 55.0 Å². The molecule has 4 rings (SSSR count). The minimum Gasteiger partial charge on any atom is -0.341 e. The van der Waals surface area contributed by atoms with Crippen molar-refractivity contribution in [2.75, 3.05) is 5.75 Å². The lowest BCUT2D eigenvalue weighted by atomic mass is 10.1. The highest BCUT2D eigenvalue weighted by Crippen LogP contribution is 2.30. The van der Waals surface area contributed by atoms with Crippen LogP contribution in [-0.4, -0.2) is 29.1 Å². The molecule has 0 aliphatic rings. The Kier molecular flexibility index (Phi) is 5.72. The molecule has 2 aromatic heterocycles. The van der Waals surface area contributed by atoms with Crippen LogP contribution in [-0.2, 0) is 16.3 Å². The molecule has 7 heteroatoms. The number of pyridine rings is 1. The van der Waals surface area contributed by atoms with Crippen molar-refractivity contribution in [1.29, 1.82) is 0 Å². The van der Waals surface area contributed by atoms with Gasteiger partial charge in [0.15, 0.2) is 9.84 Å². The molecule has 30 heavy (non-hydrogen) atoms. The molecule has 0 saturated carbocycles. The Hall–Kier alpha value is -3.32. The van der Waals surface area contributed by atoms with Crippen LogP contribution in [0.4, 0.5) is 4.39 Å². The number of aromatic nitrogens is 3. The third-order valence-electron chi connectivity index (χ3n) is 4.77. The van der Waals surface area contributed by atoms with E-state index in [1.807, 2.05) is 12.1 Å². The number of nitrogens with one attached hydrogen (secondary N) is 1. The van der Waals surface area contributed by atoms with Crippen LogP contribution >= 0.6 is 0 Å². The second kappa shape index (κ2) is 8.59. The van der Waals surface area contributed by atoms with E-state index in [9.17, 15) is 12.8 Å². The van der Waals surface area contributed by atoms with E-state index in [2.05, 4.69) is 15.0 Å². The topological polar surface area (TPSA) is 75.7 Å². The summed E-state index contributed by atoms with van der Waals surface area (Å²) in [5.74, 6) is 0.407. The summed E-state index contributed by atoms with van der Waals surface area (Å²) in [7, 11) is -3.33. The first-order valence-electron chi connectivity index (χ1n) is 9.56. The van der Waals surface area contributed by atoms with Crippen LogP contribution in [0.15, 0.2) is 84.0 Å². The molecule has 0 unspecified atom stereocenters. The molecule has 5 nitrogen and oxygen atoms in total. The second-order valence-electron chi connectivity index (χ2n) is 6.89. The molecule has 0 atom stereocenters. The van der Waals surface area contributed by atoms with Crippen molar-refractivity contribution >= 4 is 9.84 Å². The normalized spacial score (nSPS) is 11.5. The molecular weight excluding hydrogens is 401 g/mol. The number of hydrogen-bond acceptors (Lipinski definition) is 4. The Morgan fingerprint density at radius 1 is 0.867 bits per heavy atom. The van der Waals surface area contributed by atoms with Crippen LogP contribution in [0.3, 0.4) is 0 Å². The number of H-pyrrole nitrogens is 1. The van der Waals surface area contributed by atoms with E-state index in [-0.39, 0.29) is 11.6 Å². The van der Waals surface area contributed by atoms with Gasteiger partial charge in [-0.1, -0.05) is 18.2 Å². The van der Waals surface area contributed by atoms with Crippen LogP contribution in [0, 0.1) is 5.82 Å². The van der Waals surface area contributed by atoms with Gasteiger partial charge in [-0.2, -0.15) is 0 Å². The third kappa shape index (κ3) is 4.46. The molecular formula is C23H20FN3O2S. The number of halogens is 1.